The highest BCUT2D eigenvalue weighted by Crippen LogP contribution is 2.36. The van der Waals surface area contributed by atoms with Crippen LogP contribution in [0.25, 0.3) is 22.2 Å². The molecule has 0 saturated heterocycles. The topological polar surface area (TPSA) is 54.6 Å². The number of aromatic hydroxyl groups is 2. The average Bonchev–Trinajstić information content (AvgIpc) is 3.21. The summed E-state index contributed by atoms with van der Waals surface area (Å²) >= 11 is 0. The Balaban J connectivity index is 1.37. The van der Waals surface area contributed by atoms with Gasteiger partial charge in [0, 0.05) is 17.4 Å². The monoisotopic (exact) mass is 527 g/mol. The van der Waals surface area contributed by atoms with E-state index in [0.29, 0.717) is 6.54 Å². The van der Waals surface area contributed by atoms with Crippen molar-refractivity contribution in [3.05, 3.63) is 77.9 Å². The van der Waals surface area contributed by atoms with Gasteiger partial charge in [0.2, 0.25) is 0 Å². The lowest BCUT2D eigenvalue weighted by molar-refractivity contribution is 0.295. The number of rotatable bonds is 15. The molecule has 39 heavy (non-hydrogen) atoms. The molecular weight excluding hydrogens is 482 g/mol. The van der Waals surface area contributed by atoms with Gasteiger partial charge >= 0.3 is 0 Å². The summed E-state index contributed by atoms with van der Waals surface area (Å²) in [6, 6.07) is 21.3. The Morgan fingerprint density at radius 3 is 2.15 bits per heavy atom. The molecule has 4 rings (SSSR count). The zero-order chi connectivity index (χ0) is 27.6. The maximum Gasteiger partial charge on any atom is 0.119 e. The molecule has 0 radical (unpaired) electrons. The predicted octanol–water partition coefficient (Wildman–Crippen LogP) is 9.62. The molecular formula is C35H45NO3. The molecule has 2 N–H and O–H groups in total. The highest BCUT2D eigenvalue weighted by Gasteiger charge is 2.17. The van der Waals surface area contributed by atoms with Crippen LogP contribution in [-0.4, -0.2) is 21.4 Å². The van der Waals surface area contributed by atoms with E-state index in [2.05, 4.69) is 49.6 Å². The lowest BCUT2D eigenvalue weighted by Gasteiger charge is -2.15. The zero-order valence-electron chi connectivity index (χ0n) is 24.0. The molecule has 3 aromatic carbocycles. The molecule has 1 unspecified atom stereocenters. The van der Waals surface area contributed by atoms with E-state index in [1.165, 1.54) is 56.9 Å². The fraction of sp³-hybridized carbons (Fsp3) is 0.429. The number of aromatic nitrogens is 1. The number of nitrogens with zero attached hydrogens (tertiary/aromatic N) is 1. The molecule has 0 aliphatic rings. The maximum atomic E-state index is 10.1. The Morgan fingerprint density at radius 2 is 1.46 bits per heavy atom. The van der Waals surface area contributed by atoms with Crippen molar-refractivity contribution in [2.24, 2.45) is 5.92 Å². The molecule has 1 atom stereocenters. The van der Waals surface area contributed by atoms with E-state index in [9.17, 15) is 10.2 Å². The van der Waals surface area contributed by atoms with Gasteiger partial charge in [-0.3, -0.25) is 0 Å². The minimum Gasteiger partial charge on any atom is -0.508 e. The van der Waals surface area contributed by atoms with Crippen molar-refractivity contribution in [1.29, 1.82) is 0 Å². The van der Waals surface area contributed by atoms with Crippen LogP contribution in [0.1, 0.15) is 82.8 Å². The Kier molecular flexibility index (Phi) is 10.4. The molecule has 0 aliphatic carbocycles. The van der Waals surface area contributed by atoms with Crippen LogP contribution < -0.4 is 4.74 Å². The lowest BCUT2D eigenvalue weighted by atomic mass is 9.93. The fourth-order valence-corrected chi connectivity index (χ4v) is 5.68. The smallest absolute Gasteiger partial charge is 0.119 e. The van der Waals surface area contributed by atoms with E-state index < -0.39 is 0 Å². The molecule has 208 valence electrons. The maximum absolute atomic E-state index is 10.1. The van der Waals surface area contributed by atoms with Crippen LogP contribution >= 0.6 is 0 Å². The van der Waals surface area contributed by atoms with Crippen molar-refractivity contribution in [2.75, 3.05) is 6.61 Å². The molecule has 0 amide bonds. The summed E-state index contributed by atoms with van der Waals surface area (Å²) in [6.45, 7) is 8.16. The van der Waals surface area contributed by atoms with Gasteiger partial charge in [0.25, 0.3) is 0 Å². The fourth-order valence-electron chi connectivity index (χ4n) is 5.68. The Labute approximate surface area is 234 Å². The first-order chi connectivity index (χ1) is 19.0. The van der Waals surface area contributed by atoms with Crippen molar-refractivity contribution in [3.63, 3.8) is 0 Å². The summed E-state index contributed by atoms with van der Waals surface area (Å²) in [5.74, 6) is 2.30. The van der Waals surface area contributed by atoms with Gasteiger partial charge in [-0.05, 0) is 97.0 Å². The second-order valence-corrected chi connectivity index (χ2v) is 10.9. The normalized spacial score (nSPS) is 12.2. The summed E-state index contributed by atoms with van der Waals surface area (Å²) in [5.41, 5.74) is 5.49. The standard InChI is InChI=1S/C35H45NO3/c1-4-6-7-8-11-27(5-2)12-9-10-23-39-32-20-13-28(14-21-32)25-36-34-22-19-31(38)24-33(34)26(3)35(36)29-15-17-30(37)18-16-29/h13-22,24,27,37-38H,4-12,23,25H2,1-3H3. The number of fused-ring (bicyclic) bond motifs is 1. The van der Waals surface area contributed by atoms with Gasteiger partial charge in [0.1, 0.15) is 17.2 Å². The van der Waals surface area contributed by atoms with E-state index in [4.69, 9.17) is 4.74 Å². The van der Waals surface area contributed by atoms with E-state index in [1.807, 2.05) is 24.3 Å². The van der Waals surface area contributed by atoms with E-state index in [0.717, 1.165) is 52.4 Å². The molecule has 1 aromatic heterocycles. The number of benzene rings is 3. The van der Waals surface area contributed by atoms with Gasteiger partial charge in [-0.25, -0.2) is 0 Å². The number of hydrogen-bond acceptors (Lipinski definition) is 3. The van der Waals surface area contributed by atoms with E-state index in [1.54, 1.807) is 18.2 Å². The number of unbranched alkanes of at least 4 members (excludes halogenated alkanes) is 4. The molecule has 0 fully saturated rings. The number of aryl methyl sites for hydroxylation is 1. The third-order valence-corrected chi connectivity index (χ3v) is 8.02. The summed E-state index contributed by atoms with van der Waals surface area (Å²) in [5, 5.41) is 21.0. The van der Waals surface area contributed by atoms with Crippen LogP contribution in [-0.2, 0) is 6.54 Å². The van der Waals surface area contributed by atoms with Crippen LogP contribution in [0.5, 0.6) is 17.2 Å². The SMILES string of the molecule is CCCCCCC(CC)CCCCOc1ccc(Cn2c(-c3ccc(O)cc3)c(C)c3cc(O)ccc32)cc1. The van der Waals surface area contributed by atoms with Gasteiger partial charge in [-0.15, -0.1) is 0 Å². The van der Waals surface area contributed by atoms with Crippen molar-refractivity contribution < 1.29 is 14.9 Å². The van der Waals surface area contributed by atoms with Gasteiger partial charge in [0.15, 0.2) is 0 Å². The lowest BCUT2D eigenvalue weighted by Crippen LogP contribution is -2.03. The number of phenols is 2. The first-order valence-corrected chi connectivity index (χ1v) is 14.8. The van der Waals surface area contributed by atoms with Gasteiger partial charge in [-0.1, -0.05) is 70.9 Å². The minimum atomic E-state index is 0.250. The Bertz CT molecular complexity index is 1300. The number of phenolic OH excluding ortho intramolecular Hbond substituents is 2. The molecule has 0 spiro atoms. The van der Waals surface area contributed by atoms with Crippen molar-refractivity contribution >= 4 is 10.9 Å². The first-order valence-electron chi connectivity index (χ1n) is 14.8. The summed E-state index contributed by atoms with van der Waals surface area (Å²) in [4.78, 5) is 0. The van der Waals surface area contributed by atoms with Crippen molar-refractivity contribution in [2.45, 2.75) is 85.1 Å². The zero-order valence-corrected chi connectivity index (χ0v) is 24.0. The van der Waals surface area contributed by atoms with Crippen molar-refractivity contribution in [1.82, 2.24) is 4.57 Å². The van der Waals surface area contributed by atoms with Crippen LogP contribution in [0.4, 0.5) is 0 Å². The first kappa shape index (κ1) is 28.6. The summed E-state index contributed by atoms with van der Waals surface area (Å²) in [7, 11) is 0. The van der Waals surface area contributed by atoms with Gasteiger partial charge in [-0.2, -0.15) is 0 Å². The average molecular weight is 528 g/mol. The van der Waals surface area contributed by atoms with Gasteiger partial charge < -0.3 is 19.5 Å². The molecule has 0 bridgehead atoms. The molecule has 0 aliphatic heterocycles. The second kappa shape index (κ2) is 14.1. The highest BCUT2D eigenvalue weighted by molar-refractivity contribution is 5.92. The van der Waals surface area contributed by atoms with Crippen LogP contribution in [0.2, 0.25) is 0 Å². The van der Waals surface area contributed by atoms with Gasteiger partial charge in [0.05, 0.1) is 12.3 Å². The third kappa shape index (κ3) is 7.59. The van der Waals surface area contributed by atoms with Crippen LogP contribution in [0.3, 0.4) is 0 Å². The van der Waals surface area contributed by atoms with E-state index in [-0.39, 0.29) is 11.5 Å². The quantitative estimate of drug-likeness (QED) is 0.151. The highest BCUT2D eigenvalue weighted by atomic mass is 16.5. The second-order valence-electron chi connectivity index (χ2n) is 10.9. The van der Waals surface area contributed by atoms with Crippen LogP contribution in [0.15, 0.2) is 66.7 Å². The number of hydrogen-bond donors (Lipinski definition) is 2. The number of ether oxygens (including phenoxy) is 1. The molecule has 4 heteroatoms. The molecule has 1 heterocycles. The minimum absolute atomic E-state index is 0.250. The Hall–Kier alpha value is -3.40. The largest absolute Gasteiger partial charge is 0.508 e. The summed E-state index contributed by atoms with van der Waals surface area (Å²) < 4.78 is 8.36. The molecule has 0 saturated carbocycles. The van der Waals surface area contributed by atoms with Crippen LogP contribution in [0, 0.1) is 12.8 Å². The van der Waals surface area contributed by atoms with Crippen molar-refractivity contribution in [3.8, 4) is 28.5 Å². The predicted molar refractivity (Wildman–Crippen MR) is 163 cm³/mol. The molecule has 4 aromatic rings. The summed E-state index contributed by atoms with van der Waals surface area (Å²) in [6.07, 6.45) is 11.8. The third-order valence-electron chi connectivity index (χ3n) is 8.02. The molecule has 4 nitrogen and oxygen atoms in total. The Morgan fingerprint density at radius 1 is 0.769 bits per heavy atom. The van der Waals surface area contributed by atoms with E-state index >= 15 is 0 Å².